The van der Waals surface area contributed by atoms with Crippen LogP contribution < -0.4 is 0 Å². The van der Waals surface area contributed by atoms with Gasteiger partial charge in [-0.3, -0.25) is 5.10 Å². The second-order valence-corrected chi connectivity index (χ2v) is 5.81. The van der Waals surface area contributed by atoms with Crippen molar-refractivity contribution in [2.24, 2.45) is 0 Å². The van der Waals surface area contributed by atoms with Gasteiger partial charge in [-0.15, -0.1) is 11.3 Å². The van der Waals surface area contributed by atoms with E-state index in [1.165, 1.54) is 17.5 Å². The van der Waals surface area contributed by atoms with Crippen molar-refractivity contribution in [1.29, 1.82) is 0 Å². The Balaban J connectivity index is 2.62. The molecule has 2 aromatic heterocycles. The van der Waals surface area contributed by atoms with Gasteiger partial charge in [-0.05, 0) is 0 Å². The summed E-state index contributed by atoms with van der Waals surface area (Å²) in [7, 11) is 1.44. The molecule has 2 heterocycles. The minimum absolute atomic E-state index is 0.0471. The fourth-order valence-electron chi connectivity index (χ4n) is 0.960. The zero-order valence-electron chi connectivity index (χ0n) is 6.64. The molecular weight excluding hydrogens is 246 g/mol. The van der Waals surface area contributed by atoms with E-state index in [1.807, 2.05) is 0 Å². The highest BCUT2D eigenvalue weighted by molar-refractivity contribution is 8.13. The number of hydrogen-bond acceptors (Lipinski definition) is 5. The summed E-state index contributed by atoms with van der Waals surface area (Å²) in [6, 6.07) is 0. The number of halogens is 1. The van der Waals surface area contributed by atoms with Crippen LogP contribution in [0.25, 0.3) is 10.7 Å². The number of nitrogens with one attached hydrogen (secondary N) is 1. The van der Waals surface area contributed by atoms with Gasteiger partial charge in [0.05, 0.1) is 6.20 Å². The Morgan fingerprint density at radius 3 is 2.86 bits per heavy atom. The smallest absolute Gasteiger partial charge is 0.265 e. The molecule has 0 aliphatic heterocycles. The van der Waals surface area contributed by atoms with E-state index in [-0.39, 0.29) is 4.90 Å². The second-order valence-electron chi connectivity index (χ2n) is 2.38. The third kappa shape index (κ3) is 1.66. The number of thiazole rings is 1. The summed E-state index contributed by atoms with van der Waals surface area (Å²) in [5, 5.41) is 8.45. The number of rotatable bonds is 2. The number of aromatic amines is 1. The number of hydrogen-bond donors (Lipinski definition) is 1. The Hall–Kier alpha value is -0.920. The molecule has 1 N–H and O–H groups in total. The predicted octanol–water partition coefficient (Wildman–Crippen LogP) is 1.46. The van der Waals surface area contributed by atoms with Crippen molar-refractivity contribution in [2.45, 2.75) is 4.90 Å². The molecule has 0 atom stereocenters. The molecular formula is C6H4ClN3O2S2. The maximum Gasteiger partial charge on any atom is 0.265 e. The normalized spacial score (nSPS) is 11.8. The van der Waals surface area contributed by atoms with Crippen LogP contribution in [-0.2, 0) is 9.05 Å². The Morgan fingerprint density at radius 2 is 2.29 bits per heavy atom. The van der Waals surface area contributed by atoms with Crippen LogP contribution >= 0.6 is 22.0 Å². The van der Waals surface area contributed by atoms with Gasteiger partial charge >= 0.3 is 0 Å². The molecule has 0 fully saturated rings. The van der Waals surface area contributed by atoms with Crippen LogP contribution in [0.3, 0.4) is 0 Å². The second kappa shape index (κ2) is 3.34. The van der Waals surface area contributed by atoms with Crippen LogP contribution in [0.1, 0.15) is 0 Å². The van der Waals surface area contributed by atoms with E-state index in [4.69, 9.17) is 10.7 Å². The summed E-state index contributed by atoms with van der Waals surface area (Å²) in [6.45, 7) is 0. The van der Waals surface area contributed by atoms with E-state index < -0.39 is 9.05 Å². The van der Waals surface area contributed by atoms with Gasteiger partial charge < -0.3 is 0 Å². The molecule has 2 rings (SSSR count). The summed E-state index contributed by atoms with van der Waals surface area (Å²) >= 11 is 1.31. The largest absolute Gasteiger partial charge is 0.274 e. The lowest BCUT2D eigenvalue weighted by Crippen LogP contribution is -1.91. The predicted molar refractivity (Wildman–Crippen MR) is 52.7 cm³/mol. The van der Waals surface area contributed by atoms with E-state index in [2.05, 4.69) is 15.2 Å². The Labute approximate surface area is 88.2 Å². The summed E-state index contributed by atoms with van der Waals surface area (Å²) in [5.74, 6) is 0. The maximum atomic E-state index is 11.1. The SMILES string of the molecule is O=S(=O)(Cl)c1cn[nH]c1-c1nccs1. The molecule has 0 radical (unpaired) electrons. The van der Waals surface area contributed by atoms with Crippen LogP contribution in [0.15, 0.2) is 22.7 Å². The summed E-state index contributed by atoms with van der Waals surface area (Å²) < 4.78 is 22.2. The van der Waals surface area contributed by atoms with Gasteiger partial charge in [-0.1, -0.05) is 0 Å². The average molecular weight is 250 g/mol. The summed E-state index contributed by atoms with van der Waals surface area (Å²) in [4.78, 5) is 3.91. The highest BCUT2D eigenvalue weighted by Gasteiger charge is 2.20. The monoisotopic (exact) mass is 249 g/mol. The zero-order valence-corrected chi connectivity index (χ0v) is 9.03. The highest BCUT2D eigenvalue weighted by Crippen LogP contribution is 2.28. The minimum Gasteiger partial charge on any atom is -0.274 e. The van der Waals surface area contributed by atoms with Gasteiger partial charge in [0.1, 0.15) is 15.6 Å². The molecule has 0 amide bonds. The van der Waals surface area contributed by atoms with Crippen LogP contribution in [0.5, 0.6) is 0 Å². The Morgan fingerprint density at radius 1 is 1.50 bits per heavy atom. The molecule has 8 heteroatoms. The standard InChI is InChI=1S/C6H4ClN3O2S2/c7-14(11,12)4-3-9-10-5(4)6-8-1-2-13-6/h1-3H,(H,9,10). The molecule has 0 bridgehead atoms. The quantitative estimate of drug-likeness (QED) is 0.818. The van der Waals surface area contributed by atoms with E-state index in [1.54, 1.807) is 11.6 Å². The van der Waals surface area contributed by atoms with Crippen LogP contribution in [-0.4, -0.2) is 23.6 Å². The molecule has 0 saturated heterocycles. The molecule has 14 heavy (non-hydrogen) atoms. The number of nitrogens with zero attached hydrogens (tertiary/aromatic N) is 2. The fourth-order valence-corrected chi connectivity index (χ4v) is 2.59. The molecule has 0 aromatic carbocycles. The van der Waals surface area contributed by atoms with Gasteiger partial charge in [-0.25, -0.2) is 13.4 Å². The summed E-state index contributed by atoms with van der Waals surface area (Å²) in [5.41, 5.74) is 0.329. The molecule has 0 aliphatic carbocycles. The molecule has 0 saturated carbocycles. The molecule has 2 aromatic rings. The first kappa shape index (κ1) is 9.63. The van der Waals surface area contributed by atoms with Gasteiger partial charge in [-0.2, -0.15) is 5.10 Å². The van der Waals surface area contributed by atoms with Gasteiger partial charge in [0.15, 0.2) is 0 Å². The van der Waals surface area contributed by atoms with Gasteiger partial charge in [0.2, 0.25) is 0 Å². The number of aromatic nitrogens is 3. The minimum atomic E-state index is -3.77. The van der Waals surface area contributed by atoms with E-state index in [9.17, 15) is 8.42 Å². The molecule has 0 aliphatic rings. The maximum absolute atomic E-state index is 11.1. The third-order valence-corrected chi connectivity index (χ3v) is 3.64. The average Bonchev–Trinajstić information content (AvgIpc) is 2.73. The first-order valence-electron chi connectivity index (χ1n) is 3.47. The molecule has 5 nitrogen and oxygen atoms in total. The van der Waals surface area contributed by atoms with Crippen molar-refractivity contribution in [3.63, 3.8) is 0 Å². The Bertz CT molecular complexity index is 531. The highest BCUT2D eigenvalue weighted by atomic mass is 35.7. The Kier molecular flexibility index (Phi) is 2.30. The lowest BCUT2D eigenvalue weighted by atomic mass is 10.4. The van der Waals surface area contributed by atoms with Crippen molar-refractivity contribution in [3.05, 3.63) is 17.8 Å². The van der Waals surface area contributed by atoms with E-state index >= 15 is 0 Å². The lowest BCUT2D eigenvalue weighted by molar-refractivity contribution is 0.610. The van der Waals surface area contributed by atoms with Crippen molar-refractivity contribution in [2.75, 3.05) is 0 Å². The summed E-state index contributed by atoms with van der Waals surface area (Å²) in [6.07, 6.45) is 2.74. The third-order valence-electron chi connectivity index (χ3n) is 1.51. The first-order valence-corrected chi connectivity index (χ1v) is 6.66. The molecule has 74 valence electrons. The van der Waals surface area contributed by atoms with E-state index in [0.717, 1.165) is 0 Å². The van der Waals surface area contributed by atoms with Crippen molar-refractivity contribution in [1.82, 2.24) is 15.2 Å². The van der Waals surface area contributed by atoms with Crippen LogP contribution in [0.4, 0.5) is 0 Å². The van der Waals surface area contributed by atoms with Crippen LogP contribution in [0.2, 0.25) is 0 Å². The molecule has 0 spiro atoms. The number of H-pyrrole nitrogens is 1. The van der Waals surface area contributed by atoms with Crippen molar-refractivity contribution < 1.29 is 8.42 Å². The zero-order chi connectivity index (χ0) is 10.2. The fraction of sp³-hybridized carbons (Fsp3) is 0. The van der Waals surface area contributed by atoms with E-state index in [0.29, 0.717) is 10.7 Å². The van der Waals surface area contributed by atoms with Crippen LogP contribution in [0, 0.1) is 0 Å². The topological polar surface area (TPSA) is 75.7 Å². The van der Waals surface area contributed by atoms with Gasteiger partial charge in [0, 0.05) is 22.3 Å². The molecule has 0 unspecified atom stereocenters. The first-order chi connectivity index (χ1) is 6.59. The lowest BCUT2D eigenvalue weighted by Gasteiger charge is -1.93. The van der Waals surface area contributed by atoms with Crippen molar-refractivity contribution in [3.8, 4) is 10.7 Å². The van der Waals surface area contributed by atoms with Crippen molar-refractivity contribution >= 4 is 31.1 Å². The van der Waals surface area contributed by atoms with Gasteiger partial charge in [0.25, 0.3) is 9.05 Å².